The number of pyridine rings is 1. The van der Waals surface area contributed by atoms with Crippen LogP contribution in [0.15, 0.2) is 52.4 Å². The van der Waals surface area contributed by atoms with Crippen molar-refractivity contribution in [2.24, 2.45) is 0 Å². The average Bonchev–Trinajstić information content (AvgIpc) is 2.47. The highest BCUT2D eigenvalue weighted by Gasteiger charge is 2.26. The predicted molar refractivity (Wildman–Crippen MR) is 84.1 cm³/mol. The van der Waals surface area contributed by atoms with Crippen molar-refractivity contribution in [3.8, 4) is 0 Å². The summed E-state index contributed by atoms with van der Waals surface area (Å²) >= 11 is 7.52. The second-order valence-electron chi connectivity index (χ2n) is 4.66. The van der Waals surface area contributed by atoms with Gasteiger partial charge in [0.2, 0.25) is 10.0 Å². The summed E-state index contributed by atoms with van der Waals surface area (Å²) in [5.74, 6) is 0.890. The molecular weight excluding hydrogens is 328 g/mol. The Hall–Kier alpha value is -1.08. The van der Waals surface area contributed by atoms with Gasteiger partial charge in [-0.3, -0.25) is 0 Å². The van der Waals surface area contributed by atoms with Crippen molar-refractivity contribution in [3.63, 3.8) is 0 Å². The zero-order chi connectivity index (χ0) is 14.9. The van der Waals surface area contributed by atoms with E-state index in [-0.39, 0.29) is 16.1 Å². The van der Waals surface area contributed by atoms with Crippen LogP contribution in [0, 0.1) is 0 Å². The van der Waals surface area contributed by atoms with Crippen LogP contribution < -0.4 is 4.72 Å². The summed E-state index contributed by atoms with van der Waals surface area (Å²) in [4.78, 5) is 5.07. The van der Waals surface area contributed by atoms with Crippen LogP contribution in [0.4, 0.5) is 0 Å². The highest BCUT2D eigenvalue weighted by molar-refractivity contribution is 7.99. The first-order valence-corrected chi connectivity index (χ1v) is 9.26. The van der Waals surface area contributed by atoms with E-state index in [4.69, 9.17) is 11.6 Å². The quantitative estimate of drug-likeness (QED) is 0.871. The van der Waals surface area contributed by atoms with Crippen LogP contribution in [0.25, 0.3) is 0 Å². The number of rotatable bonds is 3. The molecule has 4 nitrogen and oxygen atoms in total. The molecular formula is C14H13ClN2O2S2. The number of nitrogens with zero attached hydrogens (tertiary/aromatic N) is 1. The first-order chi connectivity index (χ1) is 10.1. The van der Waals surface area contributed by atoms with Gasteiger partial charge in [0.1, 0.15) is 5.15 Å². The molecule has 1 aromatic heterocycles. The maximum Gasteiger partial charge on any atom is 0.241 e. The molecule has 0 aliphatic carbocycles. The van der Waals surface area contributed by atoms with E-state index < -0.39 is 10.0 Å². The predicted octanol–water partition coefficient (Wildman–Crippen LogP) is 3.25. The number of halogens is 1. The van der Waals surface area contributed by atoms with Crippen LogP contribution in [0.2, 0.25) is 5.15 Å². The van der Waals surface area contributed by atoms with Crippen LogP contribution in [-0.4, -0.2) is 19.2 Å². The fourth-order valence-electron chi connectivity index (χ4n) is 2.27. The molecule has 21 heavy (non-hydrogen) atoms. The number of hydrogen-bond donors (Lipinski definition) is 1. The minimum absolute atomic E-state index is 0.137. The lowest BCUT2D eigenvalue weighted by Crippen LogP contribution is -2.30. The van der Waals surface area contributed by atoms with Gasteiger partial charge in [-0.15, -0.1) is 11.8 Å². The van der Waals surface area contributed by atoms with E-state index >= 15 is 0 Å². The Balaban J connectivity index is 1.90. The summed E-state index contributed by atoms with van der Waals surface area (Å²) in [5, 5.41) is 0.164. The molecule has 2 aromatic rings. The third-order valence-corrected chi connectivity index (χ3v) is 6.06. The molecule has 1 N–H and O–H groups in total. The normalized spacial score (nSPS) is 18.2. The molecule has 0 saturated heterocycles. The summed E-state index contributed by atoms with van der Waals surface area (Å²) in [6.45, 7) is 0. The summed E-state index contributed by atoms with van der Waals surface area (Å²) in [7, 11) is -3.61. The first-order valence-electron chi connectivity index (χ1n) is 6.42. The molecule has 1 aliphatic heterocycles. The number of nitrogens with one attached hydrogen (secondary N) is 1. The van der Waals surface area contributed by atoms with Crippen molar-refractivity contribution in [1.29, 1.82) is 0 Å². The molecule has 7 heteroatoms. The van der Waals surface area contributed by atoms with E-state index in [1.165, 1.54) is 18.3 Å². The Labute approximate surface area is 133 Å². The fraction of sp³-hybridized carbons (Fsp3) is 0.214. The summed E-state index contributed by atoms with van der Waals surface area (Å²) in [6, 6.07) is 10.5. The molecule has 1 aromatic carbocycles. The van der Waals surface area contributed by atoms with E-state index in [0.29, 0.717) is 0 Å². The number of hydrogen-bond acceptors (Lipinski definition) is 4. The van der Waals surface area contributed by atoms with Gasteiger partial charge in [0.25, 0.3) is 0 Å². The molecule has 110 valence electrons. The van der Waals surface area contributed by atoms with Gasteiger partial charge in [-0.2, -0.15) is 0 Å². The Morgan fingerprint density at radius 3 is 2.90 bits per heavy atom. The maximum absolute atomic E-state index is 12.5. The zero-order valence-corrected chi connectivity index (χ0v) is 13.4. The third kappa shape index (κ3) is 3.23. The molecule has 0 radical (unpaired) electrons. The number of benzene rings is 1. The van der Waals surface area contributed by atoms with Crippen molar-refractivity contribution in [3.05, 3.63) is 53.3 Å². The zero-order valence-electron chi connectivity index (χ0n) is 11.0. The highest BCUT2D eigenvalue weighted by atomic mass is 35.5. The largest absolute Gasteiger partial charge is 0.244 e. The second kappa shape index (κ2) is 5.96. The molecule has 1 aliphatic rings. The minimum atomic E-state index is -3.61. The van der Waals surface area contributed by atoms with Gasteiger partial charge in [0.15, 0.2) is 0 Å². The molecule has 0 spiro atoms. The van der Waals surface area contributed by atoms with Gasteiger partial charge < -0.3 is 0 Å². The molecule has 3 rings (SSSR count). The highest BCUT2D eigenvalue weighted by Crippen LogP contribution is 2.36. The van der Waals surface area contributed by atoms with Crippen molar-refractivity contribution in [2.75, 3.05) is 5.75 Å². The lowest BCUT2D eigenvalue weighted by molar-refractivity contribution is 0.546. The Kier molecular flexibility index (Phi) is 4.21. The Bertz CT molecular complexity index is 765. The van der Waals surface area contributed by atoms with Gasteiger partial charge >= 0.3 is 0 Å². The fourth-order valence-corrected chi connectivity index (χ4v) is 4.90. The van der Waals surface area contributed by atoms with E-state index in [9.17, 15) is 8.42 Å². The van der Waals surface area contributed by atoms with Gasteiger partial charge in [0, 0.05) is 17.1 Å². The standard InChI is InChI=1S/C14H13ClN2O2S2/c15-14-9-10(5-7-16-14)21(18,19)17-12-6-8-20-13-4-2-1-3-11(12)13/h1-5,7,9,12,17H,6,8H2. The molecule has 0 saturated carbocycles. The Morgan fingerprint density at radius 1 is 1.29 bits per heavy atom. The molecule has 2 heterocycles. The van der Waals surface area contributed by atoms with Gasteiger partial charge in [-0.05, 0) is 35.9 Å². The van der Waals surface area contributed by atoms with Crippen molar-refractivity contribution in [1.82, 2.24) is 9.71 Å². The second-order valence-corrected chi connectivity index (χ2v) is 7.90. The topological polar surface area (TPSA) is 59.1 Å². The van der Waals surface area contributed by atoms with Crippen molar-refractivity contribution in [2.45, 2.75) is 22.3 Å². The number of fused-ring (bicyclic) bond motifs is 1. The van der Waals surface area contributed by atoms with Crippen molar-refractivity contribution >= 4 is 33.4 Å². The molecule has 0 bridgehead atoms. The first kappa shape index (κ1) is 14.8. The monoisotopic (exact) mass is 340 g/mol. The summed E-state index contributed by atoms with van der Waals surface area (Å²) in [6.07, 6.45) is 2.15. The lowest BCUT2D eigenvalue weighted by atomic mass is 10.1. The number of sulfonamides is 1. The SMILES string of the molecule is O=S(=O)(NC1CCSc2ccccc21)c1ccnc(Cl)c1. The molecule has 0 amide bonds. The van der Waals surface area contributed by atoms with Crippen LogP contribution in [0.1, 0.15) is 18.0 Å². The molecule has 1 atom stereocenters. The van der Waals surface area contributed by atoms with E-state index in [2.05, 4.69) is 9.71 Å². The maximum atomic E-state index is 12.5. The van der Waals surface area contributed by atoms with E-state index in [0.717, 1.165) is 22.6 Å². The Morgan fingerprint density at radius 2 is 2.10 bits per heavy atom. The third-order valence-electron chi connectivity index (χ3n) is 3.26. The van der Waals surface area contributed by atoms with Crippen LogP contribution >= 0.6 is 23.4 Å². The lowest BCUT2D eigenvalue weighted by Gasteiger charge is -2.25. The van der Waals surface area contributed by atoms with Gasteiger partial charge in [-0.1, -0.05) is 29.8 Å². The summed E-state index contributed by atoms with van der Waals surface area (Å²) in [5.41, 5.74) is 1.03. The van der Waals surface area contributed by atoms with Gasteiger partial charge in [-0.25, -0.2) is 18.1 Å². The van der Waals surface area contributed by atoms with Crippen LogP contribution in [0.3, 0.4) is 0 Å². The van der Waals surface area contributed by atoms with E-state index in [1.807, 2.05) is 24.3 Å². The van der Waals surface area contributed by atoms with Crippen molar-refractivity contribution < 1.29 is 8.42 Å². The van der Waals surface area contributed by atoms with Crippen LogP contribution in [0.5, 0.6) is 0 Å². The van der Waals surface area contributed by atoms with Gasteiger partial charge in [0.05, 0.1) is 4.90 Å². The smallest absolute Gasteiger partial charge is 0.241 e. The minimum Gasteiger partial charge on any atom is -0.244 e. The number of thioether (sulfide) groups is 1. The average molecular weight is 341 g/mol. The summed E-state index contributed by atoms with van der Waals surface area (Å²) < 4.78 is 27.7. The molecule has 1 unspecified atom stereocenters. The number of aromatic nitrogens is 1. The molecule has 0 fully saturated rings. The van der Waals surface area contributed by atoms with Crippen LogP contribution in [-0.2, 0) is 10.0 Å². The van der Waals surface area contributed by atoms with E-state index in [1.54, 1.807) is 11.8 Å².